The number of rotatable bonds is 4. The molecular weight excluding hydrogens is 321 g/mol. The number of halogens is 1. The average molecular weight is 337 g/mol. The number of aromatic nitrogens is 3. The first-order chi connectivity index (χ1) is 12.2. The molecule has 3 aromatic rings. The number of nitrogens with zero attached hydrogens (tertiary/aromatic N) is 4. The number of nitrogens with one attached hydrogen (secondary N) is 1. The van der Waals surface area contributed by atoms with E-state index in [9.17, 15) is 9.18 Å². The Hall–Kier alpha value is -3.22. The van der Waals surface area contributed by atoms with Gasteiger partial charge in [-0.3, -0.25) is 4.79 Å². The van der Waals surface area contributed by atoms with E-state index in [0.29, 0.717) is 18.7 Å². The minimum atomic E-state index is -0.381. The van der Waals surface area contributed by atoms with E-state index in [1.165, 1.54) is 17.3 Å². The van der Waals surface area contributed by atoms with Gasteiger partial charge in [0.05, 0.1) is 11.4 Å². The van der Waals surface area contributed by atoms with Crippen LogP contribution < -0.4 is 10.2 Å². The van der Waals surface area contributed by atoms with Gasteiger partial charge in [0.25, 0.3) is 0 Å². The Morgan fingerprint density at radius 1 is 1.12 bits per heavy atom. The minimum absolute atomic E-state index is 0.120. The molecule has 0 saturated carbocycles. The van der Waals surface area contributed by atoms with Gasteiger partial charge in [-0.15, -0.1) is 0 Å². The molecule has 1 atom stereocenters. The molecule has 25 heavy (non-hydrogen) atoms. The highest BCUT2D eigenvalue weighted by atomic mass is 19.1. The zero-order chi connectivity index (χ0) is 17.2. The van der Waals surface area contributed by atoms with Crippen molar-refractivity contribution in [1.29, 1.82) is 0 Å². The second-order valence-corrected chi connectivity index (χ2v) is 5.81. The maximum absolute atomic E-state index is 13.9. The first kappa shape index (κ1) is 15.3. The Morgan fingerprint density at radius 3 is 2.64 bits per heavy atom. The van der Waals surface area contributed by atoms with Crippen LogP contribution in [0.25, 0.3) is 5.69 Å². The normalized spacial score (nSPS) is 17.1. The van der Waals surface area contributed by atoms with Crippen molar-refractivity contribution in [2.24, 2.45) is 0 Å². The van der Waals surface area contributed by atoms with Crippen LogP contribution in [-0.2, 0) is 4.79 Å². The van der Waals surface area contributed by atoms with Crippen LogP contribution >= 0.6 is 0 Å². The van der Waals surface area contributed by atoms with Gasteiger partial charge in [-0.05, 0) is 42.8 Å². The third-order valence-corrected chi connectivity index (χ3v) is 4.24. The SMILES string of the molecule is O=C1[C@H](Nc2ccc(-n3cncn3)cc2)CCN1c1ccccc1F. The largest absolute Gasteiger partial charge is 0.374 e. The molecule has 0 radical (unpaired) electrons. The first-order valence-electron chi connectivity index (χ1n) is 8.00. The number of hydrogen-bond acceptors (Lipinski definition) is 4. The third kappa shape index (κ3) is 2.96. The summed E-state index contributed by atoms with van der Waals surface area (Å²) in [7, 11) is 0. The van der Waals surface area contributed by atoms with Crippen LogP contribution in [0.5, 0.6) is 0 Å². The molecule has 1 N–H and O–H groups in total. The molecule has 0 unspecified atom stereocenters. The predicted octanol–water partition coefficient (Wildman–Crippen LogP) is 2.62. The van der Waals surface area contributed by atoms with Gasteiger partial charge in [0.15, 0.2) is 0 Å². The van der Waals surface area contributed by atoms with E-state index in [4.69, 9.17) is 0 Å². The van der Waals surface area contributed by atoms with Gasteiger partial charge in [0.1, 0.15) is 24.5 Å². The fourth-order valence-electron chi connectivity index (χ4n) is 2.98. The lowest BCUT2D eigenvalue weighted by molar-refractivity contribution is -0.117. The number of carbonyl (C=O) groups is 1. The van der Waals surface area contributed by atoms with E-state index < -0.39 is 0 Å². The summed E-state index contributed by atoms with van der Waals surface area (Å²) in [5, 5.41) is 7.30. The van der Waals surface area contributed by atoms with Crippen LogP contribution in [0.15, 0.2) is 61.2 Å². The summed E-state index contributed by atoms with van der Waals surface area (Å²) >= 11 is 0. The Labute approximate surface area is 143 Å². The molecule has 2 aromatic carbocycles. The van der Waals surface area contributed by atoms with Crippen molar-refractivity contribution in [2.45, 2.75) is 12.5 Å². The van der Waals surface area contributed by atoms with Gasteiger partial charge >= 0.3 is 0 Å². The quantitative estimate of drug-likeness (QED) is 0.795. The Balaban J connectivity index is 1.47. The number of para-hydroxylation sites is 1. The molecule has 7 heteroatoms. The van der Waals surface area contributed by atoms with Crippen molar-refractivity contribution in [3.63, 3.8) is 0 Å². The van der Waals surface area contributed by atoms with Crippen LogP contribution in [0.2, 0.25) is 0 Å². The molecule has 126 valence electrons. The lowest BCUT2D eigenvalue weighted by atomic mass is 10.2. The molecule has 0 spiro atoms. The van der Waals surface area contributed by atoms with E-state index >= 15 is 0 Å². The number of carbonyl (C=O) groups excluding carboxylic acids is 1. The van der Waals surface area contributed by atoms with Crippen molar-refractivity contribution in [3.05, 3.63) is 67.0 Å². The van der Waals surface area contributed by atoms with E-state index in [1.807, 2.05) is 24.3 Å². The van der Waals surface area contributed by atoms with Crippen LogP contribution in [0.3, 0.4) is 0 Å². The van der Waals surface area contributed by atoms with E-state index in [2.05, 4.69) is 15.4 Å². The molecule has 1 saturated heterocycles. The monoisotopic (exact) mass is 337 g/mol. The zero-order valence-electron chi connectivity index (χ0n) is 13.3. The van der Waals surface area contributed by atoms with Crippen molar-refractivity contribution >= 4 is 17.3 Å². The molecular formula is C18H16FN5O. The molecule has 1 fully saturated rings. The van der Waals surface area contributed by atoms with Crippen LogP contribution in [0.4, 0.5) is 15.8 Å². The van der Waals surface area contributed by atoms with Gasteiger partial charge in [0, 0.05) is 12.2 Å². The summed E-state index contributed by atoms with van der Waals surface area (Å²) in [6, 6.07) is 13.5. The van der Waals surface area contributed by atoms with Crippen molar-refractivity contribution in [3.8, 4) is 5.69 Å². The topological polar surface area (TPSA) is 63.1 Å². The van der Waals surface area contributed by atoms with Gasteiger partial charge in [-0.25, -0.2) is 14.1 Å². The Bertz CT molecular complexity index is 879. The summed E-state index contributed by atoms with van der Waals surface area (Å²) < 4.78 is 15.6. The standard InChI is InChI=1S/C18H16FN5O/c19-15-3-1-2-4-17(15)23-10-9-16(18(23)25)22-13-5-7-14(8-6-13)24-12-20-11-21-24/h1-8,11-12,16,22H,9-10H2/t16-/m1/s1. The van der Waals surface area contributed by atoms with E-state index in [0.717, 1.165) is 11.4 Å². The lowest BCUT2D eigenvalue weighted by Crippen LogP contribution is -2.33. The average Bonchev–Trinajstić information content (AvgIpc) is 3.28. The zero-order valence-corrected chi connectivity index (χ0v) is 13.3. The molecule has 1 aromatic heterocycles. The third-order valence-electron chi connectivity index (χ3n) is 4.24. The van der Waals surface area contributed by atoms with Gasteiger partial charge in [0.2, 0.25) is 5.91 Å². The summed E-state index contributed by atoms with van der Waals surface area (Å²) in [6.07, 6.45) is 3.72. The highest BCUT2D eigenvalue weighted by Crippen LogP contribution is 2.26. The van der Waals surface area contributed by atoms with Crippen LogP contribution in [-0.4, -0.2) is 33.3 Å². The summed E-state index contributed by atoms with van der Waals surface area (Å²) in [4.78, 5) is 18.0. The maximum Gasteiger partial charge on any atom is 0.249 e. The molecule has 4 rings (SSSR count). The minimum Gasteiger partial charge on any atom is -0.374 e. The van der Waals surface area contributed by atoms with E-state index in [-0.39, 0.29) is 17.8 Å². The van der Waals surface area contributed by atoms with Crippen molar-refractivity contribution in [2.75, 3.05) is 16.8 Å². The highest BCUT2D eigenvalue weighted by molar-refractivity contribution is 6.01. The highest BCUT2D eigenvalue weighted by Gasteiger charge is 2.33. The van der Waals surface area contributed by atoms with Gasteiger partial charge in [-0.1, -0.05) is 12.1 Å². The number of amides is 1. The molecule has 1 aliphatic rings. The summed E-state index contributed by atoms with van der Waals surface area (Å²) in [5.74, 6) is -0.501. The molecule has 1 aliphatic heterocycles. The fraction of sp³-hybridized carbons (Fsp3) is 0.167. The molecule has 6 nitrogen and oxygen atoms in total. The smallest absolute Gasteiger partial charge is 0.249 e. The van der Waals surface area contributed by atoms with E-state index in [1.54, 1.807) is 29.2 Å². The van der Waals surface area contributed by atoms with Crippen LogP contribution in [0, 0.1) is 5.82 Å². The lowest BCUT2D eigenvalue weighted by Gasteiger charge is -2.18. The second-order valence-electron chi connectivity index (χ2n) is 5.81. The predicted molar refractivity (Wildman–Crippen MR) is 92.1 cm³/mol. The molecule has 1 amide bonds. The summed E-state index contributed by atoms with van der Waals surface area (Å²) in [6.45, 7) is 0.495. The molecule has 0 aliphatic carbocycles. The number of hydrogen-bond donors (Lipinski definition) is 1. The fourth-order valence-corrected chi connectivity index (χ4v) is 2.98. The van der Waals surface area contributed by atoms with Gasteiger partial charge < -0.3 is 10.2 Å². The Kier molecular flexibility index (Phi) is 3.89. The summed E-state index contributed by atoms with van der Waals surface area (Å²) in [5.41, 5.74) is 2.05. The van der Waals surface area contributed by atoms with Crippen molar-refractivity contribution < 1.29 is 9.18 Å². The molecule has 0 bridgehead atoms. The number of anilines is 2. The maximum atomic E-state index is 13.9. The second kappa shape index (κ2) is 6.35. The van der Waals surface area contributed by atoms with Crippen LogP contribution in [0.1, 0.15) is 6.42 Å². The number of benzene rings is 2. The van der Waals surface area contributed by atoms with Gasteiger partial charge in [-0.2, -0.15) is 5.10 Å². The Morgan fingerprint density at radius 2 is 1.92 bits per heavy atom. The molecule has 2 heterocycles. The first-order valence-corrected chi connectivity index (χ1v) is 8.00. The van der Waals surface area contributed by atoms with Crippen molar-refractivity contribution in [1.82, 2.24) is 14.8 Å².